The van der Waals surface area contributed by atoms with Gasteiger partial charge in [-0.3, -0.25) is 0 Å². The van der Waals surface area contributed by atoms with Crippen LogP contribution >= 0.6 is 0 Å². The van der Waals surface area contributed by atoms with Crippen LogP contribution in [0.15, 0.2) is 23.0 Å². The lowest BCUT2D eigenvalue weighted by Gasteiger charge is -2.35. The summed E-state index contributed by atoms with van der Waals surface area (Å²) < 4.78 is 5.05. The van der Waals surface area contributed by atoms with Gasteiger partial charge in [-0.25, -0.2) is 0 Å². The maximum atomic E-state index is 10.5. The fourth-order valence-corrected chi connectivity index (χ4v) is 2.86. The van der Waals surface area contributed by atoms with E-state index in [0.29, 0.717) is 0 Å². The first-order valence-corrected chi connectivity index (χ1v) is 6.45. The van der Waals surface area contributed by atoms with Crippen molar-refractivity contribution in [1.82, 2.24) is 0 Å². The average Bonchev–Trinajstić information content (AvgIpc) is 2.74. The van der Waals surface area contributed by atoms with Crippen molar-refractivity contribution in [2.45, 2.75) is 57.5 Å². The fourth-order valence-electron chi connectivity index (χ4n) is 2.86. The molecular formula is C14H22O2. The third-order valence-corrected chi connectivity index (χ3v) is 3.85. The van der Waals surface area contributed by atoms with Crippen molar-refractivity contribution in [1.29, 1.82) is 0 Å². The number of furan rings is 1. The van der Waals surface area contributed by atoms with Gasteiger partial charge >= 0.3 is 0 Å². The molecule has 90 valence electrons. The monoisotopic (exact) mass is 222 g/mol. The van der Waals surface area contributed by atoms with Crippen LogP contribution in [0.3, 0.4) is 0 Å². The molecule has 0 aliphatic heterocycles. The van der Waals surface area contributed by atoms with E-state index in [1.165, 1.54) is 25.7 Å². The maximum Gasteiger partial charge on any atom is 0.0935 e. The van der Waals surface area contributed by atoms with E-state index in [4.69, 9.17) is 4.42 Å². The first-order valence-electron chi connectivity index (χ1n) is 6.45. The summed E-state index contributed by atoms with van der Waals surface area (Å²) in [4.78, 5) is 0. The van der Waals surface area contributed by atoms with Crippen molar-refractivity contribution in [2.24, 2.45) is 5.92 Å². The molecule has 1 N–H and O–H groups in total. The second-order valence-corrected chi connectivity index (χ2v) is 5.26. The normalized spacial score (nSPS) is 30.5. The lowest BCUT2D eigenvalue weighted by molar-refractivity contribution is -0.00997. The van der Waals surface area contributed by atoms with Gasteiger partial charge in [-0.1, -0.05) is 19.8 Å². The van der Waals surface area contributed by atoms with Crippen LogP contribution in [0.1, 0.15) is 51.0 Å². The summed E-state index contributed by atoms with van der Waals surface area (Å²) in [7, 11) is 0. The Kier molecular flexibility index (Phi) is 3.70. The van der Waals surface area contributed by atoms with Gasteiger partial charge in [0.25, 0.3) is 0 Å². The van der Waals surface area contributed by atoms with E-state index in [1.54, 1.807) is 12.5 Å². The zero-order chi connectivity index (χ0) is 11.4. The van der Waals surface area contributed by atoms with Crippen LogP contribution < -0.4 is 0 Å². The summed E-state index contributed by atoms with van der Waals surface area (Å²) in [5.41, 5.74) is 0.644. The lowest BCUT2D eigenvalue weighted by atomic mass is 9.75. The van der Waals surface area contributed by atoms with Crippen LogP contribution in [0.25, 0.3) is 0 Å². The highest BCUT2D eigenvalue weighted by Crippen LogP contribution is 2.36. The highest BCUT2D eigenvalue weighted by atomic mass is 16.3. The molecule has 0 spiro atoms. The van der Waals surface area contributed by atoms with Crippen molar-refractivity contribution in [3.63, 3.8) is 0 Å². The predicted octanol–water partition coefficient (Wildman–Crippen LogP) is 3.54. The number of hydrogen-bond acceptors (Lipinski definition) is 2. The molecule has 2 nitrogen and oxygen atoms in total. The number of aliphatic hydroxyl groups is 1. The second-order valence-electron chi connectivity index (χ2n) is 5.26. The Morgan fingerprint density at radius 2 is 2.19 bits per heavy atom. The molecule has 1 heterocycles. The van der Waals surface area contributed by atoms with E-state index < -0.39 is 5.60 Å². The van der Waals surface area contributed by atoms with E-state index in [2.05, 4.69) is 6.92 Å². The molecule has 0 aromatic carbocycles. The quantitative estimate of drug-likeness (QED) is 0.845. The third kappa shape index (κ3) is 2.88. The molecule has 0 bridgehead atoms. The van der Waals surface area contributed by atoms with Crippen molar-refractivity contribution in [2.75, 3.05) is 0 Å². The molecule has 0 amide bonds. The minimum atomic E-state index is -0.478. The molecule has 2 rings (SSSR count). The van der Waals surface area contributed by atoms with Crippen LogP contribution in [-0.2, 0) is 6.42 Å². The van der Waals surface area contributed by atoms with Crippen molar-refractivity contribution in [3.8, 4) is 0 Å². The van der Waals surface area contributed by atoms with E-state index in [1.807, 2.05) is 6.07 Å². The van der Waals surface area contributed by atoms with E-state index >= 15 is 0 Å². The minimum absolute atomic E-state index is 0.478. The topological polar surface area (TPSA) is 33.4 Å². The summed E-state index contributed by atoms with van der Waals surface area (Å²) in [6.45, 7) is 2.24. The maximum absolute atomic E-state index is 10.5. The van der Waals surface area contributed by atoms with Gasteiger partial charge in [-0.05, 0) is 43.2 Å². The highest BCUT2D eigenvalue weighted by molar-refractivity contribution is 5.10. The molecule has 0 saturated heterocycles. The summed E-state index contributed by atoms with van der Waals surface area (Å²) in [5, 5.41) is 10.5. The van der Waals surface area contributed by atoms with Gasteiger partial charge in [0.05, 0.1) is 18.1 Å². The zero-order valence-corrected chi connectivity index (χ0v) is 10.1. The summed E-state index contributed by atoms with van der Waals surface area (Å²) in [6, 6.07) is 1.95. The lowest BCUT2D eigenvalue weighted by Crippen LogP contribution is -2.36. The molecule has 1 aromatic rings. The minimum Gasteiger partial charge on any atom is -0.472 e. The van der Waals surface area contributed by atoms with E-state index in [-0.39, 0.29) is 0 Å². The Balaban J connectivity index is 1.86. The zero-order valence-electron chi connectivity index (χ0n) is 10.1. The smallest absolute Gasteiger partial charge is 0.0935 e. The van der Waals surface area contributed by atoms with Gasteiger partial charge in [-0.2, -0.15) is 0 Å². The van der Waals surface area contributed by atoms with Gasteiger partial charge in [0.1, 0.15) is 0 Å². The third-order valence-electron chi connectivity index (χ3n) is 3.85. The van der Waals surface area contributed by atoms with Crippen molar-refractivity contribution < 1.29 is 9.52 Å². The molecule has 1 aliphatic carbocycles. The number of rotatable bonds is 4. The molecule has 1 fully saturated rings. The van der Waals surface area contributed by atoms with Crippen LogP contribution in [0.4, 0.5) is 0 Å². The molecule has 1 aromatic heterocycles. The van der Waals surface area contributed by atoms with Gasteiger partial charge in [0, 0.05) is 6.42 Å². The average molecular weight is 222 g/mol. The first kappa shape index (κ1) is 11.7. The van der Waals surface area contributed by atoms with Gasteiger partial charge < -0.3 is 9.52 Å². The molecular weight excluding hydrogens is 200 g/mol. The largest absolute Gasteiger partial charge is 0.472 e. The Bertz CT molecular complexity index is 295. The second kappa shape index (κ2) is 5.05. The molecule has 1 aliphatic rings. The van der Waals surface area contributed by atoms with E-state index in [9.17, 15) is 5.11 Å². The Morgan fingerprint density at radius 1 is 1.44 bits per heavy atom. The summed E-state index contributed by atoms with van der Waals surface area (Å²) >= 11 is 0. The van der Waals surface area contributed by atoms with Crippen LogP contribution in [0.2, 0.25) is 0 Å². The molecule has 0 radical (unpaired) electrons. The summed E-state index contributed by atoms with van der Waals surface area (Å²) in [6.07, 6.45) is 11.0. The molecule has 2 heteroatoms. The van der Waals surface area contributed by atoms with Crippen molar-refractivity contribution in [3.05, 3.63) is 24.2 Å². The number of hydrogen-bond donors (Lipinski definition) is 1. The van der Waals surface area contributed by atoms with Gasteiger partial charge in [0.15, 0.2) is 0 Å². The van der Waals surface area contributed by atoms with Crippen LogP contribution in [-0.4, -0.2) is 10.7 Å². The van der Waals surface area contributed by atoms with Crippen molar-refractivity contribution >= 4 is 0 Å². The first-order chi connectivity index (χ1) is 7.72. The molecule has 1 saturated carbocycles. The summed E-state index contributed by atoms with van der Waals surface area (Å²) in [5.74, 6) is 0.842. The van der Waals surface area contributed by atoms with Crippen LogP contribution in [0.5, 0.6) is 0 Å². The Labute approximate surface area is 97.7 Å². The SMILES string of the molecule is CCCC1CCC(O)(Cc2ccoc2)CC1. The highest BCUT2D eigenvalue weighted by Gasteiger charge is 2.33. The Hall–Kier alpha value is -0.760. The van der Waals surface area contributed by atoms with E-state index in [0.717, 1.165) is 30.7 Å². The molecule has 0 atom stereocenters. The fraction of sp³-hybridized carbons (Fsp3) is 0.714. The standard InChI is InChI=1S/C14H22O2/c1-2-3-12-4-7-14(15,8-5-12)10-13-6-9-16-11-13/h6,9,11-12,15H,2-5,7-8,10H2,1H3. The van der Waals surface area contributed by atoms with Gasteiger partial charge in [-0.15, -0.1) is 0 Å². The molecule has 16 heavy (non-hydrogen) atoms. The Morgan fingerprint density at radius 3 is 2.75 bits per heavy atom. The molecule has 0 unspecified atom stereocenters. The predicted molar refractivity (Wildman–Crippen MR) is 64.2 cm³/mol. The van der Waals surface area contributed by atoms with Crippen LogP contribution in [0, 0.1) is 5.92 Å². The van der Waals surface area contributed by atoms with Gasteiger partial charge in [0.2, 0.25) is 0 Å².